The molecule has 0 radical (unpaired) electrons. The van der Waals surface area contributed by atoms with Crippen LogP contribution in [0.25, 0.3) is 0 Å². The number of aliphatic hydroxyl groups excluding tert-OH is 6. The molecule has 0 aromatic heterocycles. The number of hydrogen-bond acceptors (Lipinski definition) is 16. The summed E-state index contributed by atoms with van der Waals surface area (Å²) in [4.78, 5) is 36.0. The number of aliphatic hydroxyl groups is 6. The first-order valence-corrected chi connectivity index (χ1v) is 14.3. The van der Waals surface area contributed by atoms with Gasteiger partial charge in [-0.1, -0.05) is 0 Å². The Kier molecular flexibility index (Phi) is 13.8. The standard InChI is InChI=1S/C26H45N3O16/c1-9(33)27-15-19(37)22(13(7-31)41-24(15)40-5)44-26-17(29-11(3)35)20(38)23(14(8-32)43-26)45-25-16(28-10(2)34)18(36)21(39-4)12(6-30)42-25/h12-26,30-32,36-38H,6-8H2,1-5H3,(H,27,33)(H,28,34)(H,29,35)/t12?,13?,14?,15?,16?,17?,18?,19?,20-,21-,22-,23-,24-,25+,26+/m1/s1. The molecule has 19 heteroatoms. The highest BCUT2D eigenvalue weighted by molar-refractivity contribution is 5.74. The van der Waals surface area contributed by atoms with E-state index in [0.717, 1.165) is 6.92 Å². The van der Waals surface area contributed by atoms with Crippen LogP contribution >= 0.6 is 0 Å². The van der Waals surface area contributed by atoms with Crippen molar-refractivity contribution in [3.8, 4) is 0 Å². The topological polar surface area (TPSA) is 273 Å². The molecule has 0 aliphatic carbocycles. The van der Waals surface area contributed by atoms with Crippen molar-refractivity contribution in [3.63, 3.8) is 0 Å². The van der Waals surface area contributed by atoms with Gasteiger partial charge in [-0.3, -0.25) is 14.4 Å². The minimum Gasteiger partial charge on any atom is -0.394 e. The quantitative estimate of drug-likeness (QED) is 0.0947. The van der Waals surface area contributed by atoms with Gasteiger partial charge >= 0.3 is 0 Å². The molecule has 9 N–H and O–H groups in total. The summed E-state index contributed by atoms with van der Waals surface area (Å²) in [6, 6.07) is -3.86. The van der Waals surface area contributed by atoms with Crippen molar-refractivity contribution < 1.29 is 78.2 Å². The van der Waals surface area contributed by atoms with Gasteiger partial charge in [0.25, 0.3) is 0 Å². The SMILES string of the molecule is CO[C@@H]1OC(CO)[C@@H](O[C@@H]2OC(CO)[C@@H](O[C@@H]3OC(CO)[C@@H](OC)C(O)C3NC(C)=O)[C@H](O)C2NC(C)=O)C(O)C1NC(C)=O. The molecule has 15 atom stereocenters. The van der Waals surface area contributed by atoms with E-state index in [1.807, 2.05) is 0 Å². The minimum absolute atomic E-state index is 0.528. The Hall–Kier alpha value is -2.11. The maximum Gasteiger partial charge on any atom is 0.217 e. The van der Waals surface area contributed by atoms with E-state index >= 15 is 0 Å². The van der Waals surface area contributed by atoms with Gasteiger partial charge in [0.2, 0.25) is 17.7 Å². The number of rotatable bonds is 12. The fourth-order valence-electron chi connectivity index (χ4n) is 5.74. The van der Waals surface area contributed by atoms with E-state index in [2.05, 4.69) is 16.0 Å². The first-order chi connectivity index (χ1) is 21.3. The predicted molar refractivity (Wildman–Crippen MR) is 146 cm³/mol. The van der Waals surface area contributed by atoms with Crippen molar-refractivity contribution in [2.75, 3.05) is 34.0 Å². The van der Waals surface area contributed by atoms with E-state index in [1.54, 1.807) is 0 Å². The van der Waals surface area contributed by atoms with Crippen LogP contribution in [-0.4, -0.2) is 174 Å². The summed E-state index contributed by atoms with van der Waals surface area (Å²) in [7, 11) is 2.54. The van der Waals surface area contributed by atoms with E-state index in [1.165, 1.54) is 28.1 Å². The van der Waals surface area contributed by atoms with Gasteiger partial charge < -0.3 is 79.7 Å². The van der Waals surface area contributed by atoms with Crippen LogP contribution in [0, 0.1) is 0 Å². The third-order valence-electron chi connectivity index (χ3n) is 7.76. The lowest BCUT2D eigenvalue weighted by molar-refractivity contribution is -0.353. The second kappa shape index (κ2) is 16.6. The van der Waals surface area contributed by atoms with Gasteiger partial charge in [0.15, 0.2) is 18.9 Å². The highest BCUT2D eigenvalue weighted by atomic mass is 16.7. The monoisotopic (exact) mass is 655 g/mol. The average molecular weight is 656 g/mol. The molecule has 3 rings (SSSR count). The molecule has 0 bridgehead atoms. The second-order valence-corrected chi connectivity index (χ2v) is 11.0. The summed E-state index contributed by atoms with van der Waals surface area (Å²) >= 11 is 0. The van der Waals surface area contributed by atoms with Crippen molar-refractivity contribution in [2.45, 2.75) is 113 Å². The highest BCUT2D eigenvalue weighted by Gasteiger charge is 2.54. The van der Waals surface area contributed by atoms with Crippen LogP contribution in [0.2, 0.25) is 0 Å². The van der Waals surface area contributed by atoms with Crippen LogP contribution in [0.4, 0.5) is 0 Å². The molecule has 19 nitrogen and oxygen atoms in total. The number of ether oxygens (including phenoxy) is 7. The molecule has 0 aromatic rings. The van der Waals surface area contributed by atoms with E-state index < -0.39 is 129 Å². The zero-order chi connectivity index (χ0) is 33.6. The lowest BCUT2D eigenvalue weighted by Gasteiger charge is -2.50. The Bertz CT molecular complexity index is 994. The molecule has 3 heterocycles. The molecule has 8 unspecified atom stereocenters. The molecule has 260 valence electrons. The van der Waals surface area contributed by atoms with Gasteiger partial charge in [-0.25, -0.2) is 0 Å². The van der Waals surface area contributed by atoms with E-state index in [9.17, 15) is 45.0 Å². The van der Waals surface area contributed by atoms with E-state index in [-0.39, 0.29) is 0 Å². The summed E-state index contributed by atoms with van der Waals surface area (Å²) in [6.07, 6.45) is -16.7. The number of nitrogens with one attached hydrogen (secondary N) is 3. The first kappa shape index (κ1) is 37.3. The Balaban J connectivity index is 1.91. The van der Waals surface area contributed by atoms with E-state index in [0.29, 0.717) is 0 Å². The van der Waals surface area contributed by atoms with Gasteiger partial charge in [0.1, 0.15) is 73.1 Å². The summed E-state index contributed by atoms with van der Waals surface area (Å²) < 4.78 is 39.8. The van der Waals surface area contributed by atoms with Gasteiger partial charge in [-0.2, -0.15) is 0 Å². The molecule has 3 saturated heterocycles. The first-order valence-electron chi connectivity index (χ1n) is 14.3. The van der Waals surface area contributed by atoms with Crippen LogP contribution in [0.3, 0.4) is 0 Å². The Labute approximate surface area is 259 Å². The molecule has 45 heavy (non-hydrogen) atoms. The summed E-state index contributed by atoms with van der Waals surface area (Å²) in [5.41, 5.74) is 0. The molecule has 0 spiro atoms. The van der Waals surface area contributed by atoms with Crippen LogP contribution < -0.4 is 16.0 Å². The van der Waals surface area contributed by atoms with Gasteiger partial charge in [-0.05, 0) is 0 Å². The predicted octanol–water partition coefficient (Wildman–Crippen LogP) is -5.83. The molecular weight excluding hydrogens is 610 g/mol. The lowest BCUT2D eigenvalue weighted by Crippen LogP contribution is -2.71. The minimum atomic E-state index is -1.72. The molecule has 3 aliphatic heterocycles. The third kappa shape index (κ3) is 8.63. The van der Waals surface area contributed by atoms with Crippen LogP contribution in [-0.2, 0) is 47.5 Å². The smallest absolute Gasteiger partial charge is 0.217 e. The number of methoxy groups -OCH3 is 2. The van der Waals surface area contributed by atoms with Crippen LogP contribution in [0.15, 0.2) is 0 Å². The largest absolute Gasteiger partial charge is 0.394 e. The van der Waals surface area contributed by atoms with Crippen LogP contribution in [0.1, 0.15) is 20.8 Å². The fourth-order valence-corrected chi connectivity index (χ4v) is 5.74. The maximum atomic E-state index is 12.2. The Morgan fingerprint density at radius 2 is 0.867 bits per heavy atom. The van der Waals surface area contributed by atoms with Crippen molar-refractivity contribution in [2.24, 2.45) is 0 Å². The number of hydrogen-bond donors (Lipinski definition) is 9. The Morgan fingerprint density at radius 3 is 1.18 bits per heavy atom. The summed E-state index contributed by atoms with van der Waals surface area (Å²) in [6.45, 7) is 1.46. The van der Waals surface area contributed by atoms with E-state index in [4.69, 9.17) is 33.2 Å². The third-order valence-corrected chi connectivity index (χ3v) is 7.76. The zero-order valence-corrected chi connectivity index (χ0v) is 25.5. The molecule has 0 saturated carbocycles. The van der Waals surface area contributed by atoms with Crippen LogP contribution in [0.5, 0.6) is 0 Å². The van der Waals surface area contributed by atoms with Crippen molar-refractivity contribution >= 4 is 17.7 Å². The van der Waals surface area contributed by atoms with Gasteiger partial charge in [0.05, 0.1) is 19.8 Å². The second-order valence-electron chi connectivity index (χ2n) is 11.0. The molecule has 3 fully saturated rings. The summed E-state index contributed by atoms with van der Waals surface area (Å²) in [5, 5.41) is 71.1. The number of amides is 3. The highest BCUT2D eigenvalue weighted by Crippen LogP contribution is 2.33. The molecular formula is C26H45N3O16. The average Bonchev–Trinajstić information content (AvgIpc) is 2.98. The lowest BCUT2D eigenvalue weighted by atomic mass is 9.93. The molecule has 3 amide bonds. The maximum absolute atomic E-state index is 12.2. The Morgan fingerprint density at radius 1 is 0.556 bits per heavy atom. The fraction of sp³-hybridized carbons (Fsp3) is 0.885. The number of carbonyl (C=O) groups is 3. The van der Waals surface area contributed by atoms with Gasteiger partial charge in [-0.15, -0.1) is 0 Å². The summed E-state index contributed by atoms with van der Waals surface area (Å²) in [5.74, 6) is -1.74. The zero-order valence-electron chi connectivity index (χ0n) is 25.5. The molecule has 3 aliphatic rings. The van der Waals surface area contributed by atoms with Crippen molar-refractivity contribution in [3.05, 3.63) is 0 Å². The molecule has 0 aromatic carbocycles. The van der Waals surface area contributed by atoms with Crippen molar-refractivity contribution in [1.29, 1.82) is 0 Å². The number of carbonyl (C=O) groups excluding carboxylic acids is 3. The normalized spacial score (nSPS) is 42.1. The van der Waals surface area contributed by atoms with Crippen molar-refractivity contribution in [1.82, 2.24) is 16.0 Å². The van der Waals surface area contributed by atoms with Gasteiger partial charge in [0, 0.05) is 35.0 Å².